The number of esters is 1. The molecule has 0 atom stereocenters. The van der Waals surface area contributed by atoms with Gasteiger partial charge in [0.1, 0.15) is 0 Å². The second kappa shape index (κ2) is 6.39. The topological polar surface area (TPSA) is 26.3 Å². The molecule has 0 aliphatic heterocycles. The van der Waals surface area contributed by atoms with Crippen LogP contribution in [-0.4, -0.2) is 12.6 Å². The van der Waals surface area contributed by atoms with Gasteiger partial charge in [-0.2, -0.15) is 0 Å². The SMILES string of the molecule is CCOC(=O)Cc1ccc(C2=CCCCC2)cc1. The van der Waals surface area contributed by atoms with Crippen LogP contribution < -0.4 is 0 Å². The molecule has 0 radical (unpaired) electrons. The Morgan fingerprint density at radius 3 is 2.61 bits per heavy atom. The van der Waals surface area contributed by atoms with Gasteiger partial charge in [0.2, 0.25) is 0 Å². The highest BCUT2D eigenvalue weighted by Crippen LogP contribution is 2.26. The van der Waals surface area contributed by atoms with Crippen LogP contribution in [-0.2, 0) is 16.0 Å². The van der Waals surface area contributed by atoms with E-state index in [2.05, 4.69) is 18.2 Å². The maximum absolute atomic E-state index is 11.4. The molecule has 2 rings (SSSR count). The van der Waals surface area contributed by atoms with Gasteiger partial charge in [-0.25, -0.2) is 0 Å². The number of allylic oxidation sites excluding steroid dienone is 2. The first-order valence-corrected chi connectivity index (χ1v) is 6.73. The minimum Gasteiger partial charge on any atom is -0.466 e. The molecule has 96 valence electrons. The summed E-state index contributed by atoms with van der Waals surface area (Å²) >= 11 is 0. The Labute approximate surface area is 109 Å². The van der Waals surface area contributed by atoms with Crippen LogP contribution in [0.25, 0.3) is 5.57 Å². The van der Waals surface area contributed by atoms with E-state index >= 15 is 0 Å². The lowest BCUT2D eigenvalue weighted by Crippen LogP contribution is -2.07. The molecule has 0 saturated carbocycles. The molecule has 18 heavy (non-hydrogen) atoms. The molecule has 1 aromatic carbocycles. The van der Waals surface area contributed by atoms with E-state index in [9.17, 15) is 4.79 Å². The summed E-state index contributed by atoms with van der Waals surface area (Å²) in [6, 6.07) is 8.29. The third-order valence-electron chi connectivity index (χ3n) is 3.27. The van der Waals surface area contributed by atoms with Crippen LogP contribution in [0.4, 0.5) is 0 Å². The molecule has 0 spiro atoms. The molecule has 1 aliphatic rings. The van der Waals surface area contributed by atoms with Gasteiger partial charge in [-0.15, -0.1) is 0 Å². The Morgan fingerprint density at radius 1 is 1.22 bits per heavy atom. The average Bonchev–Trinajstić information content (AvgIpc) is 2.41. The second-order valence-corrected chi connectivity index (χ2v) is 4.65. The quantitative estimate of drug-likeness (QED) is 0.754. The number of benzene rings is 1. The van der Waals surface area contributed by atoms with Crippen LogP contribution in [0.5, 0.6) is 0 Å². The van der Waals surface area contributed by atoms with Crippen molar-refractivity contribution in [2.75, 3.05) is 6.61 Å². The zero-order valence-corrected chi connectivity index (χ0v) is 10.9. The van der Waals surface area contributed by atoms with E-state index in [-0.39, 0.29) is 5.97 Å². The van der Waals surface area contributed by atoms with Crippen molar-refractivity contribution in [2.45, 2.75) is 39.0 Å². The molecular formula is C16H20O2. The highest BCUT2D eigenvalue weighted by Gasteiger charge is 2.07. The van der Waals surface area contributed by atoms with Crippen molar-refractivity contribution < 1.29 is 9.53 Å². The van der Waals surface area contributed by atoms with Gasteiger partial charge in [-0.3, -0.25) is 4.79 Å². The Bertz CT molecular complexity index is 429. The van der Waals surface area contributed by atoms with Crippen molar-refractivity contribution in [3.8, 4) is 0 Å². The Hall–Kier alpha value is -1.57. The number of carbonyl (C=O) groups is 1. The molecule has 1 aromatic rings. The van der Waals surface area contributed by atoms with Crippen molar-refractivity contribution in [1.29, 1.82) is 0 Å². The summed E-state index contributed by atoms with van der Waals surface area (Å²) in [4.78, 5) is 11.4. The highest BCUT2D eigenvalue weighted by molar-refractivity contribution is 5.73. The third kappa shape index (κ3) is 3.46. The Balaban J connectivity index is 2.01. The lowest BCUT2D eigenvalue weighted by Gasteiger charge is -2.13. The first kappa shape index (κ1) is 12.9. The molecule has 1 aliphatic carbocycles. The Kier molecular flexibility index (Phi) is 4.57. The maximum atomic E-state index is 11.4. The van der Waals surface area contributed by atoms with Crippen molar-refractivity contribution in [1.82, 2.24) is 0 Å². The molecule has 0 saturated heterocycles. The van der Waals surface area contributed by atoms with E-state index in [1.54, 1.807) is 0 Å². The van der Waals surface area contributed by atoms with Gasteiger partial charge < -0.3 is 4.74 Å². The van der Waals surface area contributed by atoms with Crippen molar-refractivity contribution in [2.24, 2.45) is 0 Å². The molecule has 0 unspecified atom stereocenters. The van der Waals surface area contributed by atoms with Gasteiger partial charge in [-0.05, 0) is 49.3 Å². The maximum Gasteiger partial charge on any atom is 0.310 e. The van der Waals surface area contributed by atoms with Crippen LogP contribution >= 0.6 is 0 Å². The summed E-state index contributed by atoms with van der Waals surface area (Å²) in [5.41, 5.74) is 3.76. The fraction of sp³-hybridized carbons (Fsp3) is 0.438. The molecule has 2 heteroatoms. The number of carbonyl (C=O) groups excluding carboxylic acids is 1. The number of rotatable bonds is 4. The molecule has 0 fully saturated rings. The first-order valence-electron chi connectivity index (χ1n) is 6.73. The van der Waals surface area contributed by atoms with E-state index in [1.807, 2.05) is 19.1 Å². The minimum absolute atomic E-state index is 0.151. The molecular weight excluding hydrogens is 224 g/mol. The second-order valence-electron chi connectivity index (χ2n) is 4.65. The fourth-order valence-corrected chi connectivity index (χ4v) is 2.32. The zero-order chi connectivity index (χ0) is 12.8. The lowest BCUT2D eigenvalue weighted by atomic mass is 9.93. The molecule has 0 heterocycles. The fourth-order valence-electron chi connectivity index (χ4n) is 2.32. The van der Waals surface area contributed by atoms with Gasteiger partial charge >= 0.3 is 5.97 Å². The van der Waals surface area contributed by atoms with Gasteiger partial charge in [0, 0.05) is 0 Å². The summed E-state index contributed by atoms with van der Waals surface area (Å²) in [6.07, 6.45) is 7.68. The van der Waals surface area contributed by atoms with E-state index in [0.717, 1.165) is 5.56 Å². The standard InChI is InChI=1S/C16H20O2/c1-2-18-16(17)12-13-8-10-15(11-9-13)14-6-4-3-5-7-14/h6,8-11H,2-5,7,12H2,1H3. The van der Waals surface area contributed by atoms with Crippen LogP contribution in [0.2, 0.25) is 0 Å². The van der Waals surface area contributed by atoms with E-state index < -0.39 is 0 Å². The van der Waals surface area contributed by atoms with Crippen molar-refractivity contribution >= 4 is 11.5 Å². The lowest BCUT2D eigenvalue weighted by molar-refractivity contribution is -0.142. The largest absolute Gasteiger partial charge is 0.466 e. The van der Waals surface area contributed by atoms with Crippen molar-refractivity contribution in [3.05, 3.63) is 41.5 Å². The summed E-state index contributed by atoms with van der Waals surface area (Å²) in [7, 11) is 0. The average molecular weight is 244 g/mol. The van der Waals surface area contributed by atoms with Crippen LogP contribution in [0.1, 0.15) is 43.7 Å². The van der Waals surface area contributed by atoms with E-state index in [0.29, 0.717) is 13.0 Å². The smallest absolute Gasteiger partial charge is 0.310 e. The van der Waals surface area contributed by atoms with Gasteiger partial charge in [0.15, 0.2) is 0 Å². The molecule has 0 bridgehead atoms. The zero-order valence-electron chi connectivity index (χ0n) is 10.9. The Morgan fingerprint density at radius 2 is 2.00 bits per heavy atom. The summed E-state index contributed by atoms with van der Waals surface area (Å²) < 4.78 is 4.94. The summed E-state index contributed by atoms with van der Waals surface area (Å²) in [6.45, 7) is 2.28. The van der Waals surface area contributed by atoms with Gasteiger partial charge in [0.05, 0.1) is 13.0 Å². The number of hydrogen-bond donors (Lipinski definition) is 0. The molecule has 0 aromatic heterocycles. The van der Waals surface area contributed by atoms with E-state index in [1.165, 1.54) is 36.8 Å². The normalized spacial score (nSPS) is 15.1. The minimum atomic E-state index is -0.151. The van der Waals surface area contributed by atoms with Crippen molar-refractivity contribution in [3.63, 3.8) is 0 Å². The highest BCUT2D eigenvalue weighted by atomic mass is 16.5. The van der Waals surface area contributed by atoms with Gasteiger partial charge in [-0.1, -0.05) is 30.3 Å². The summed E-state index contributed by atoms with van der Waals surface area (Å²) in [5, 5.41) is 0. The number of hydrogen-bond acceptors (Lipinski definition) is 2. The number of ether oxygens (including phenoxy) is 1. The van der Waals surface area contributed by atoms with Crippen LogP contribution in [0.15, 0.2) is 30.3 Å². The van der Waals surface area contributed by atoms with Crippen LogP contribution in [0, 0.1) is 0 Å². The monoisotopic (exact) mass is 244 g/mol. The van der Waals surface area contributed by atoms with Gasteiger partial charge in [0.25, 0.3) is 0 Å². The van der Waals surface area contributed by atoms with Crippen LogP contribution in [0.3, 0.4) is 0 Å². The summed E-state index contributed by atoms with van der Waals surface area (Å²) in [5.74, 6) is -0.151. The molecule has 0 amide bonds. The molecule has 2 nitrogen and oxygen atoms in total. The predicted octanol–water partition coefficient (Wildman–Crippen LogP) is 3.75. The first-order chi connectivity index (χ1) is 8.79. The molecule has 0 N–H and O–H groups in total. The third-order valence-corrected chi connectivity index (χ3v) is 3.27. The predicted molar refractivity (Wildman–Crippen MR) is 73.2 cm³/mol. The van der Waals surface area contributed by atoms with E-state index in [4.69, 9.17) is 4.74 Å².